The Morgan fingerprint density at radius 2 is 2.00 bits per heavy atom. The van der Waals surface area contributed by atoms with Crippen LogP contribution in [0.25, 0.3) is 0 Å². The van der Waals surface area contributed by atoms with Gasteiger partial charge in [0.05, 0.1) is 11.4 Å². The average Bonchev–Trinajstić information content (AvgIpc) is 2.71. The second kappa shape index (κ2) is 4.36. The molecule has 3 nitrogen and oxygen atoms in total. The summed E-state index contributed by atoms with van der Waals surface area (Å²) in [6, 6.07) is 0.430. The molecule has 1 aromatic heterocycles. The van der Waals surface area contributed by atoms with Gasteiger partial charge < -0.3 is 0 Å². The minimum absolute atomic E-state index is 0.430. The van der Waals surface area contributed by atoms with E-state index in [0.29, 0.717) is 11.4 Å². The highest BCUT2D eigenvalue weighted by Crippen LogP contribution is 2.70. The summed E-state index contributed by atoms with van der Waals surface area (Å²) in [6.45, 7) is 9.18. The molecule has 1 heterocycles. The van der Waals surface area contributed by atoms with E-state index in [4.69, 9.17) is 0 Å². The van der Waals surface area contributed by atoms with E-state index in [0.717, 1.165) is 30.6 Å². The summed E-state index contributed by atoms with van der Waals surface area (Å²) in [7, 11) is 2.51. The third kappa shape index (κ3) is 1.95. The molecule has 0 aliphatic heterocycles. The number of aromatic nitrogens is 3. The number of nitrogens with zero attached hydrogens (tertiary/aromatic N) is 3. The van der Waals surface area contributed by atoms with Crippen LogP contribution in [-0.4, -0.2) is 22.8 Å². The SMILES string of the molecule is BC12CCc3c(nnn3C(C)C)CCC1C2C(C)C. The van der Waals surface area contributed by atoms with Gasteiger partial charge in [-0.05, 0) is 57.3 Å². The molecule has 4 heteroatoms. The van der Waals surface area contributed by atoms with Gasteiger partial charge in [-0.25, -0.2) is 4.68 Å². The minimum Gasteiger partial charge on any atom is -0.247 e. The van der Waals surface area contributed by atoms with Crippen molar-refractivity contribution < 1.29 is 0 Å². The summed E-state index contributed by atoms with van der Waals surface area (Å²) in [4.78, 5) is 0. The van der Waals surface area contributed by atoms with Crippen LogP contribution in [0.3, 0.4) is 0 Å². The van der Waals surface area contributed by atoms with E-state index in [2.05, 4.69) is 50.5 Å². The van der Waals surface area contributed by atoms with Crippen molar-refractivity contribution in [1.29, 1.82) is 0 Å². The largest absolute Gasteiger partial charge is 0.247 e. The van der Waals surface area contributed by atoms with Gasteiger partial charge in [0.1, 0.15) is 7.85 Å². The topological polar surface area (TPSA) is 30.7 Å². The highest BCUT2D eigenvalue weighted by atomic mass is 15.4. The molecular formula is C15H26BN3. The molecule has 0 N–H and O–H groups in total. The van der Waals surface area contributed by atoms with Crippen molar-refractivity contribution in [1.82, 2.24) is 15.0 Å². The van der Waals surface area contributed by atoms with E-state index in [1.54, 1.807) is 0 Å². The van der Waals surface area contributed by atoms with Crippen LogP contribution in [0.5, 0.6) is 0 Å². The molecular weight excluding hydrogens is 233 g/mol. The molecule has 2 aliphatic carbocycles. The van der Waals surface area contributed by atoms with Crippen molar-refractivity contribution in [3.05, 3.63) is 11.4 Å². The van der Waals surface area contributed by atoms with Crippen molar-refractivity contribution in [3.8, 4) is 0 Å². The van der Waals surface area contributed by atoms with Gasteiger partial charge >= 0.3 is 0 Å². The summed E-state index contributed by atoms with van der Waals surface area (Å²) in [5.41, 5.74) is 2.68. The molecule has 1 fully saturated rings. The van der Waals surface area contributed by atoms with Crippen LogP contribution < -0.4 is 0 Å². The summed E-state index contributed by atoms with van der Waals surface area (Å²) in [5, 5.41) is 9.38. The first-order valence-corrected chi connectivity index (χ1v) is 7.88. The molecule has 3 rings (SSSR count). The molecule has 104 valence electrons. The fourth-order valence-electron chi connectivity index (χ4n) is 4.68. The van der Waals surface area contributed by atoms with Crippen LogP contribution in [0.4, 0.5) is 0 Å². The molecule has 0 radical (unpaired) electrons. The number of rotatable bonds is 2. The Morgan fingerprint density at radius 3 is 2.63 bits per heavy atom. The molecule has 0 amide bonds. The minimum atomic E-state index is 0.430. The summed E-state index contributed by atoms with van der Waals surface area (Å²) in [5.74, 6) is 2.67. The third-order valence-electron chi connectivity index (χ3n) is 5.60. The second-order valence-corrected chi connectivity index (χ2v) is 7.44. The quantitative estimate of drug-likeness (QED) is 0.764. The lowest BCUT2D eigenvalue weighted by molar-refractivity contribution is 0.476. The lowest BCUT2D eigenvalue weighted by Crippen LogP contribution is -2.12. The van der Waals surface area contributed by atoms with Crippen LogP contribution in [0.15, 0.2) is 0 Å². The maximum atomic E-state index is 4.44. The molecule has 0 bridgehead atoms. The normalized spacial score (nSPS) is 33.8. The lowest BCUT2D eigenvalue weighted by atomic mass is 9.73. The van der Waals surface area contributed by atoms with E-state index < -0.39 is 0 Å². The Hall–Kier alpha value is -0.795. The Kier molecular flexibility index (Phi) is 3.03. The maximum absolute atomic E-state index is 4.44. The standard InChI is InChI=1S/C15H26BN3/c1-9(2)14-11-5-6-12-13(7-8-15(11,14)16)19(10(3)4)18-17-12/h9-11,14H,5-8,16H2,1-4H3. The van der Waals surface area contributed by atoms with Gasteiger partial charge in [0.2, 0.25) is 0 Å². The zero-order valence-electron chi connectivity index (χ0n) is 13.0. The second-order valence-electron chi connectivity index (χ2n) is 7.44. The summed E-state index contributed by atoms with van der Waals surface area (Å²) >= 11 is 0. The molecule has 2 aliphatic rings. The van der Waals surface area contributed by atoms with Crippen LogP contribution in [0.2, 0.25) is 5.31 Å². The predicted octanol–water partition coefficient (Wildman–Crippen LogP) is 2.43. The van der Waals surface area contributed by atoms with E-state index in [-0.39, 0.29) is 0 Å². The average molecular weight is 259 g/mol. The smallest absolute Gasteiger partial charge is 0.110 e. The first kappa shape index (κ1) is 13.2. The highest BCUT2D eigenvalue weighted by molar-refractivity contribution is 6.18. The van der Waals surface area contributed by atoms with Gasteiger partial charge in [0.25, 0.3) is 0 Å². The van der Waals surface area contributed by atoms with Gasteiger partial charge in [0, 0.05) is 6.04 Å². The maximum Gasteiger partial charge on any atom is 0.110 e. The van der Waals surface area contributed by atoms with E-state index >= 15 is 0 Å². The van der Waals surface area contributed by atoms with Crippen molar-refractivity contribution in [3.63, 3.8) is 0 Å². The molecule has 0 saturated heterocycles. The molecule has 3 unspecified atom stereocenters. The number of fused-ring (bicyclic) bond motifs is 2. The fourth-order valence-corrected chi connectivity index (χ4v) is 4.68. The summed E-state index contributed by atoms with van der Waals surface area (Å²) < 4.78 is 2.14. The van der Waals surface area contributed by atoms with Crippen LogP contribution in [-0.2, 0) is 12.8 Å². The van der Waals surface area contributed by atoms with Gasteiger partial charge in [-0.3, -0.25) is 0 Å². The van der Waals surface area contributed by atoms with Gasteiger partial charge in [0.15, 0.2) is 0 Å². The van der Waals surface area contributed by atoms with Crippen LogP contribution >= 0.6 is 0 Å². The van der Waals surface area contributed by atoms with Crippen molar-refractivity contribution in [2.24, 2.45) is 17.8 Å². The number of hydrogen-bond donors (Lipinski definition) is 0. The lowest BCUT2D eigenvalue weighted by Gasteiger charge is -2.18. The first-order chi connectivity index (χ1) is 8.95. The van der Waals surface area contributed by atoms with Gasteiger partial charge in [-0.2, -0.15) is 0 Å². The van der Waals surface area contributed by atoms with E-state index in [1.165, 1.54) is 24.2 Å². The molecule has 3 atom stereocenters. The molecule has 0 aromatic carbocycles. The molecule has 1 saturated carbocycles. The van der Waals surface area contributed by atoms with Crippen molar-refractivity contribution in [2.75, 3.05) is 0 Å². The van der Waals surface area contributed by atoms with Crippen LogP contribution in [0.1, 0.15) is 58.0 Å². The van der Waals surface area contributed by atoms with E-state index in [9.17, 15) is 0 Å². The van der Waals surface area contributed by atoms with Gasteiger partial charge in [-0.15, -0.1) is 5.10 Å². The number of hydrogen-bond acceptors (Lipinski definition) is 2. The Balaban J connectivity index is 1.85. The van der Waals surface area contributed by atoms with Gasteiger partial charge in [-0.1, -0.05) is 24.4 Å². The highest BCUT2D eigenvalue weighted by Gasteiger charge is 2.60. The third-order valence-corrected chi connectivity index (χ3v) is 5.60. The monoisotopic (exact) mass is 259 g/mol. The van der Waals surface area contributed by atoms with E-state index in [1.807, 2.05) is 0 Å². The zero-order chi connectivity index (χ0) is 13.8. The predicted molar refractivity (Wildman–Crippen MR) is 80.1 cm³/mol. The Bertz CT molecular complexity index is 480. The molecule has 19 heavy (non-hydrogen) atoms. The fraction of sp³-hybridized carbons (Fsp3) is 0.867. The molecule has 0 spiro atoms. The van der Waals surface area contributed by atoms with Crippen molar-refractivity contribution in [2.45, 2.75) is 64.7 Å². The summed E-state index contributed by atoms with van der Waals surface area (Å²) in [6.07, 6.45) is 4.92. The van der Waals surface area contributed by atoms with Crippen LogP contribution in [0, 0.1) is 17.8 Å². The molecule has 1 aromatic rings. The Labute approximate surface area is 117 Å². The Morgan fingerprint density at radius 1 is 1.26 bits per heavy atom. The zero-order valence-corrected chi connectivity index (χ0v) is 13.0. The van der Waals surface area contributed by atoms with Crippen molar-refractivity contribution >= 4 is 7.85 Å². The first-order valence-electron chi connectivity index (χ1n) is 7.88. The number of aryl methyl sites for hydroxylation is 1.